The first-order chi connectivity index (χ1) is 5.77. The van der Waals surface area contributed by atoms with Crippen LogP contribution in [-0.2, 0) is 6.42 Å². The molecular formula is C9H9ClN2. The van der Waals surface area contributed by atoms with Gasteiger partial charge in [-0.05, 0) is 24.1 Å². The highest BCUT2D eigenvalue weighted by Crippen LogP contribution is 2.22. The van der Waals surface area contributed by atoms with E-state index in [1.165, 1.54) is 0 Å². The molecule has 0 spiro atoms. The minimum Gasteiger partial charge on any atom is -0.291 e. The van der Waals surface area contributed by atoms with E-state index < -0.39 is 0 Å². The highest BCUT2D eigenvalue weighted by molar-refractivity contribution is 6.33. The van der Waals surface area contributed by atoms with Crippen molar-refractivity contribution in [2.75, 3.05) is 5.32 Å². The van der Waals surface area contributed by atoms with E-state index in [0.29, 0.717) is 10.7 Å². The molecule has 3 heteroatoms. The largest absolute Gasteiger partial charge is 0.291 e. The fourth-order valence-electron chi connectivity index (χ4n) is 0.948. The number of halogens is 1. The number of benzene rings is 1. The molecule has 62 valence electrons. The van der Waals surface area contributed by atoms with Crippen molar-refractivity contribution in [3.63, 3.8) is 0 Å². The normalized spacial score (nSPS) is 9.08. The van der Waals surface area contributed by atoms with Crippen molar-refractivity contribution in [3.8, 4) is 6.19 Å². The van der Waals surface area contributed by atoms with Gasteiger partial charge in [0.05, 0.1) is 10.7 Å². The predicted molar refractivity (Wildman–Crippen MR) is 50.1 cm³/mol. The zero-order valence-corrected chi connectivity index (χ0v) is 7.52. The van der Waals surface area contributed by atoms with Gasteiger partial charge < -0.3 is 0 Å². The van der Waals surface area contributed by atoms with E-state index in [1.807, 2.05) is 18.3 Å². The van der Waals surface area contributed by atoms with Crippen LogP contribution in [0.25, 0.3) is 0 Å². The van der Waals surface area contributed by atoms with Crippen LogP contribution in [0.4, 0.5) is 5.69 Å². The Morgan fingerprint density at radius 3 is 2.92 bits per heavy atom. The molecule has 0 fully saturated rings. The molecule has 0 saturated carbocycles. The molecule has 0 bridgehead atoms. The van der Waals surface area contributed by atoms with Crippen LogP contribution in [0.3, 0.4) is 0 Å². The van der Waals surface area contributed by atoms with Gasteiger partial charge in [0.15, 0.2) is 6.19 Å². The first kappa shape index (κ1) is 8.89. The van der Waals surface area contributed by atoms with Crippen LogP contribution in [0.2, 0.25) is 5.02 Å². The van der Waals surface area contributed by atoms with E-state index in [1.54, 1.807) is 6.07 Å². The number of aryl methyl sites for hydroxylation is 1. The summed E-state index contributed by atoms with van der Waals surface area (Å²) in [6.45, 7) is 2.05. The minimum absolute atomic E-state index is 0.578. The van der Waals surface area contributed by atoms with Crippen molar-refractivity contribution in [3.05, 3.63) is 28.8 Å². The van der Waals surface area contributed by atoms with Crippen molar-refractivity contribution in [2.24, 2.45) is 0 Å². The third-order valence-corrected chi connectivity index (χ3v) is 1.96. The van der Waals surface area contributed by atoms with Gasteiger partial charge in [-0.3, -0.25) is 5.32 Å². The highest BCUT2D eigenvalue weighted by Gasteiger charge is 1.99. The van der Waals surface area contributed by atoms with Crippen LogP contribution in [0.15, 0.2) is 18.2 Å². The third-order valence-electron chi connectivity index (χ3n) is 1.63. The Morgan fingerprint density at radius 1 is 1.58 bits per heavy atom. The average Bonchev–Trinajstić information content (AvgIpc) is 2.09. The SMILES string of the molecule is CCc1ccc(Cl)c(NC#N)c1. The number of hydrogen-bond donors (Lipinski definition) is 1. The van der Waals surface area contributed by atoms with E-state index in [0.717, 1.165) is 12.0 Å². The topological polar surface area (TPSA) is 35.8 Å². The first-order valence-electron chi connectivity index (χ1n) is 3.71. The average molecular weight is 181 g/mol. The summed E-state index contributed by atoms with van der Waals surface area (Å²) in [7, 11) is 0. The molecule has 0 heterocycles. The number of nitrogens with zero attached hydrogens (tertiary/aromatic N) is 1. The fraction of sp³-hybridized carbons (Fsp3) is 0.222. The molecule has 1 rings (SSSR count). The second kappa shape index (κ2) is 3.99. The Hall–Kier alpha value is -1.20. The molecule has 1 aromatic rings. The molecule has 1 N–H and O–H groups in total. The van der Waals surface area contributed by atoms with Crippen molar-refractivity contribution < 1.29 is 0 Å². The molecule has 0 aromatic heterocycles. The number of rotatable bonds is 2. The first-order valence-corrected chi connectivity index (χ1v) is 4.09. The van der Waals surface area contributed by atoms with Gasteiger partial charge in [-0.15, -0.1) is 0 Å². The third kappa shape index (κ3) is 1.90. The maximum atomic E-state index is 8.39. The van der Waals surface area contributed by atoms with Gasteiger partial charge in [-0.1, -0.05) is 24.6 Å². The van der Waals surface area contributed by atoms with E-state index >= 15 is 0 Å². The molecule has 0 unspecified atom stereocenters. The number of nitrogens with one attached hydrogen (secondary N) is 1. The Kier molecular flexibility index (Phi) is 2.95. The van der Waals surface area contributed by atoms with Gasteiger partial charge in [0, 0.05) is 0 Å². The summed E-state index contributed by atoms with van der Waals surface area (Å²) >= 11 is 5.82. The molecule has 2 nitrogen and oxygen atoms in total. The molecule has 0 amide bonds. The molecule has 0 saturated heterocycles. The zero-order valence-electron chi connectivity index (χ0n) is 6.76. The summed E-state index contributed by atoms with van der Waals surface area (Å²) in [6.07, 6.45) is 2.78. The van der Waals surface area contributed by atoms with Crippen molar-refractivity contribution in [2.45, 2.75) is 13.3 Å². The summed E-state index contributed by atoms with van der Waals surface area (Å²) in [4.78, 5) is 0. The van der Waals surface area contributed by atoms with E-state index in [2.05, 4.69) is 12.2 Å². The standard InChI is InChI=1S/C9H9ClN2/c1-2-7-3-4-8(10)9(5-7)12-6-11/h3-5,12H,2H2,1H3. The van der Waals surface area contributed by atoms with E-state index in [4.69, 9.17) is 16.9 Å². The predicted octanol–water partition coefficient (Wildman–Crippen LogP) is 2.80. The van der Waals surface area contributed by atoms with Crippen LogP contribution in [0, 0.1) is 11.5 Å². The Morgan fingerprint density at radius 2 is 2.33 bits per heavy atom. The summed E-state index contributed by atoms with van der Waals surface area (Å²) in [5.41, 5.74) is 1.84. The van der Waals surface area contributed by atoms with Crippen LogP contribution in [0.5, 0.6) is 0 Å². The molecule has 0 atom stereocenters. The maximum Gasteiger partial charge on any atom is 0.181 e. The lowest BCUT2D eigenvalue weighted by atomic mass is 10.1. The van der Waals surface area contributed by atoms with Crippen LogP contribution < -0.4 is 5.32 Å². The Labute approximate surface area is 76.8 Å². The zero-order chi connectivity index (χ0) is 8.97. The summed E-state index contributed by atoms with van der Waals surface area (Å²) in [5.74, 6) is 0. The minimum atomic E-state index is 0.578. The molecular weight excluding hydrogens is 172 g/mol. The summed E-state index contributed by atoms with van der Waals surface area (Å²) < 4.78 is 0. The highest BCUT2D eigenvalue weighted by atomic mass is 35.5. The van der Waals surface area contributed by atoms with Gasteiger partial charge >= 0.3 is 0 Å². The molecule has 0 radical (unpaired) electrons. The Balaban J connectivity index is 3.01. The van der Waals surface area contributed by atoms with Gasteiger partial charge in [0.1, 0.15) is 0 Å². The lowest BCUT2D eigenvalue weighted by Gasteiger charge is -2.02. The van der Waals surface area contributed by atoms with E-state index in [-0.39, 0.29) is 0 Å². The molecule has 1 aromatic carbocycles. The quantitative estimate of drug-likeness (QED) is 0.561. The van der Waals surface area contributed by atoms with Crippen molar-refractivity contribution in [1.29, 1.82) is 5.26 Å². The van der Waals surface area contributed by atoms with Crippen molar-refractivity contribution >= 4 is 17.3 Å². The smallest absolute Gasteiger partial charge is 0.181 e. The molecule has 0 aliphatic rings. The van der Waals surface area contributed by atoms with E-state index in [9.17, 15) is 0 Å². The van der Waals surface area contributed by atoms with Gasteiger partial charge in [0.25, 0.3) is 0 Å². The van der Waals surface area contributed by atoms with Crippen LogP contribution in [-0.4, -0.2) is 0 Å². The monoisotopic (exact) mass is 180 g/mol. The molecule has 12 heavy (non-hydrogen) atoms. The molecule has 0 aliphatic heterocycles. The van der Waals surface area contributed by atoms with Crippen molar-refractivity contribution in [1.82, 2.24) is 0 Å². The second-order valence-corrected chi connectivity index (χ2v) is 2.81. The van der Waals surface area contributed by atoms with Gasteiger partial charge in [-0.25, -0.2) is 0 Å². The molecule has 0 aliphatic carbocycles. The van der Waals surface area contributed by atoms with Crippen LogP contribution >= 0.6 is 11.6 Å². The lowest BCUT2D eigenvalue weighted by Crippen LogP contribution is -1.90. The second-order valence-electron chi connectivity index (χ2n) is 2.40. The lowest BCUT2D eigenvalue weighted by molar-refractivity contribution is 1.14. The number of hydrogen-bond acceptors (Lipinski definition) is 2. The summed E-state index contributed by atoms with van der Waals surface area (Å²) in [5, 5.41) is 11.5. The maximum absolute atomic E-state index is 8.39. The van der Waals surface area contributed by atoms with Gasteiger partial charge in [0.2, 0.25) is 0 Å². The fourth-order valence-corrected chi connectivity index (χ4v) is 1.11. The van der Waals surface area contributed by atoms with Gasteiger partial charge in [-0.2, -0.15) is 5.26 Å². The summed E-state index contributed by atoms with van der Waals surface area (Å²) in [6, 6.07) is 5.62. The van der Waals surface area contributed by atoms with Crippen LogP contribution in [0.1, 0.15) is 12.5 Å². The number of nitriles is 1. The Bertz CT molecular complexity index is 315. The number of anilines is 1.